The Hall–Kier alpha value is -2.13. The molecule has 0 aromatic carbocycles. The molecular formula is C16H20N4OS. The quantitative estimate of drug-likeness (QED) is 0.936. The number of nitrogens with one attached hydrogen (secondary N) is 1. The summed E-state index contributed by atoms with van der Waals surface area (Å²) in [5.41, 5.74) is 1.86. The Morgan fingerprint density at radius 3 is 2.64 bits per heavy atom. The van der Waals surface area contributed by atoms with E-state index < -0.39 is 0 Å². The summed E-state index contributed by atoms with van der Waals surface area (Å²) in [6, 6.07) is 3.53. The van der Waals surface area contributed by atoms with E-state index in [9.17, 15) is 4.79 Å². The molecule has 6 heteroatoms. The predicted octanol–water partition coefficient (Wildman–Crippen LogP) is 3.61. The summed E-state index contributed by atoms with van der Waals surface area (Å²) < 4.78 is 0. The number of amides is 1. The first-order valence-electron chi connectivity index (χ1n) is 7.18. The van der Waals surface area contributed by atoms with E-state index in [0.29, 0.717) is 17.2 Å². The second-order valence-electron chi connectivity index (χ2n) is 5.66. The highest BCUT2D eigenvalue weighted by Crippen LogP contribution is 2.32. The second-order valence-corrected chi connectivity index (χ2v) is 6.72. The smallest absolute Gasteiger partial charge is 0.270 e. The first kappa shape index (κ1) is 16.2. The van der Waals surface area contributed by atoms with Gasteiger partial charge in [0.2, 0.25) is 0 Å². The fourth-order valence-corrected chi connectivity index (χ4v) is 3.35. The van der Waals surface area contributed by atoms with E-state index in [1.165, 1.54) is 0 Å². The minimum Gasteiger partial charge on any atom is -0.356 e. The van der Waals surface area contributed by atoms with Crippen LogP contribution in [0.5, 0.6) is 0 Å². The summed E-state index contributed by atoms with van der Waals surface area (Å²) in [5.74, 6) is 0.250. The van der Waals surface area contributed by atoms with Crippen molar-refractivity contribution in [1.82, 2.24) is 14.9 Å². The molecule has 0 aliphatic heterocycles. The lowest BCUT2D eigenvalue weighted by Gasteiger charge is -2.24. The molecule has 0 spiro atoms. The zero-order valence-corrected chi connectivity index (χ0v) is 14.3. The minimum atomic E-state index is -0.132. The Bertz CT molecular complexity index is 723. The second kappa shape index (κ2) is 6.32. The van der Waals surface area contributed by atoms with Gasteiger partial charge in [-0.1, -0.05) is 13.8 Å². The molecule has 2 aromatic heterocycles. The zero-order valence-electron chi connectivity index (χ0n) is 13.5. The van der Waals surface area contributed by atoms with Gasteiger partial charge in [0.1, 0.15) is 11.8 Å². The number of aromatic nitrogens is 2. The van der Waals surface area contributed by atoms with E-state index in [2.05, 4.69) is 23.8 Å². The van der Waals surface area contributed by atoms with Gasteiger partial charge in [-0.25, -0.2) is 4.98 Å². The van der Waals surface area contributed by atoms with Gasteiger partial charge in [-0.3, -0.25) is 4.79 Å². The van der Waals surface area contributed by atoms with Crippen LogP contribution in [0.4, 0.5) is 0 Å². The number of carbonyl (C=O) groups excluding carboxylic acids is 1. The zero-order chi connectivity index (χ0) is 16.4. The lowest BCUT2D eigenvalue weighted by atomic mass is 10.2. The first-order valence-corrected chi connectivity index (χ1v) is 7.99. The number of hydrogen-bond acceptors (Lipinski definition) is 4. The molecule has 2 heterocycles. The van der Waals surface area contributed by atoms with Gasteiger partial charge in [-0.05, 0) is 19.9 Å². The van der Waals surface area contributed by atoms with Crippen LogP contribution in [0.2, 0.25) is 0 Å². The van der Waals surface area contributed by atoms with Crippen molar-refractivity contribution >= 4 is 17.2 Å². The normalized spacial score (nSPS) is 12.2. The Balaban J connectivity index is 2.23. The highest BCUT2D eigenvalue weighted by molar-refractivity contribution is 7.11. The van der Waals surface area contributed by atoms with Gasteiger partial charge in [0, 0.05) is 24.0 Å². The molecule has 0 saturated heterocycles. The van der Waals surface area contributed by atoms with Crippen molar-refractivity contribution in [3.63, 3.8) is 0 Å². The average Bonchev–Trinajstić information content (AvgIpc) is 3.11. The Labute approximate surface area is 134 Å². The van der Waals surface area contributed by atoms with Crippen molar-refractivity contribution < 1.29 is 4.79 Å². The fourth-order valence-electron chi connectivity index (χ4n) is 2.19. The van der Waals surface area contributed by atoms with E-state index in [1.54, 1.807) is 35.5 Å². The average molecular weight is 316 g/mol. The number of H-pyrrole nitrogens is 1. The number of hydrogen-bond donors (Lipinski definition) is 1. The van der Waals surface area contributed by atoms with Gasteiger partial charge in [0.05, 0.1) is 22.3 Å². The third-order valence-corrected chi connectivity index (χ3v) is 5.29. The molecule has 0 radical (unpaired) electrons. The maximum absolute atomic E-state index is 12.5. The minimum absolute atomic E-state index is 0.0636. The Kier molecular flexibility index (Phi) is 4.67. The maximum atomic E-state index is 12.5. The molecule has 0 bridgehead atoms. The topological polar surface area (TPSA) is 72.8 Å². The van der Waals surface area contributed by atoms with Crippen molar-refractivity contribution in [3.05, 3.63) is 39.1 Å². The molecule has 22 heavy (non-hydrogen) atoms. The molecular weight excluding hydrogens is 296 g/mol. The van der Waals surface area contributed by atoms with Crippen molar-refractivity contribution in [1.29, 1.82) is 5.26 Å². The number of thiazole rings is 1. The Morgan fingerprint density at radius 1 is 1.45 bits per heavy atom. The van der Waals surface area contributed by atoms with Crippen molar-refractivity contribution in [2.75, 3.05) is 7.05 Å². The molecule has 0 unspecified atom stereocenters. The summed E-state index contributed by atoms with van der Waals surface area (Å²) in [6.45, 7) is 8.21. The summed E-state index contributed by atoms with van der Waals surface area (Å²) in [4.78, 5) is 22.7. The van der Waals surface area contributed by atoms with Crippen molar-refractivity contribution in [2.45, 2.75) is 39.7 Å². The van der Waals surface area contributed by atoms with Crippen LogP contribution in [-0.4, -0.2) is 27.8 Å². The third kappa shape index (κ3) is 3.04. The van der Waals surface area contributed by atoms with Gasteiger partial charge in [0.15, 0.2) is 0 Å². The SMILES string of the molecule is Cc1nc(C(C)C)sc1[C@@H](C)N(C)C(=O)c1cc(C#N)c[nH]1. The van der Waals surface area contributed by atoms with Crippen LogP contribution < -0.4 is 0 Å². The molecule has 1 atom stereocenters. The predicted molar refractivity (Wildman–Crippen MR) is 87.0 cm³/mol. The highest BCUT2D eigenvalue weighted by atomic mass is 32.1. The third-order valence-electron chi connectivity index (χ3n) is 3.67. The molecule has 1 amide bonds. The maximum Gasteiger partial charge on any atom is 0.270 e. The van der Waals surface area contributed by atoms with Gasteiger partial charge in [-0.15, -0.1) is 11.3 Å². The van der Waals surface area contributed by atoms with Crippen LogP contribution >= 0.6 is 11.3 Å². The van der Waals surface area contributed by atoms with Crippen molar-refractivity contribution in [2.24, 2.45) is 0 Å². The number of nitrogens with zero attached hydrogens (tertiary/aromatic N) is 3. The monoisotopic (exact) mass is 316 g/mol. The molecule has 0 saturated carbocycles. The Morgan fingerprint density at radius 2 is 2.14 bits per heavy atom. The summed E-state index contributed by atoms with van der Waals surface area (Å²) in [5, 5.41) is 9.94. The molecule has 2 aromatic rings. The van der Waals surface area contributed by atoms with E-state index in [-0.39, 0.29) is 11.9 Å². The van der Waals surface area contributed by atoms with E-state index in [0.717, 1.165) is 15.6 Å². The molecule has 0 aliphatic rings. The van der Waals surface area contributed by atoms with Crippen LogP contribution in [0.25, 0.3) is 0 Å². The number of aryl methyl sites for hydroxylation is 1. The molecule has 0 fully saturated rings. The summed E-state index contributed by atoms with van der Waals surface area (Å²) >= 11 is 1.66. The van der Waals surface area contributed by atoms with E-state index in [4.69, 9.17) is 5.26 Å². The lowest BCUT2D eigenvalue weighted by molar-refractivity contribution is 0.0739. The van der Waals surface area contributed by atoms with E-state index in [1.807, 2.05) is 19.9 Å². The van der Waals surface area contributed by atoms with E-state index >= 15 is 0 Å². The summed E-state index contributed by atoms with van der Waals surface area (Å²) in [6.07, 6.45) is 1.54. The number of carbonyl (C=O) groups is 1. The molecule has 0 aliphatic carbocycles. The lowest BCUT2D eigenvalue weighted by Crippen LogP contribution is -2.29. The van der Waals surface area contributed by atoms with Gasteiger partial charge < -0.3 is 9.88 Å². The van der Waals surface area contributed by atoms with Gasteiger partial charge >= 0.3 is 0 Å². The molecule has 116 valence electrons. The van der Waals surface area contributed by atoms with Crippen LogP contribution in [0.1, 0.15) is 64.4 Å². The van der Waals surface area contributed by atoms with Crippen LogP contribution in [0.15, 0.2) is 12.3 Å². The standard InChI is InChI=1S/C16H20N4OS/c1-9(2)15-19-10(3)14(22-15)11(4)20(5)16(21)13-6-12(7-17)8-18-13/h6,8-9,11,18H,1-5H3/t11-/m1/s1. The first-order chi connectivity index (χ1) is 10.3. The number of rotatable bonds is 4. The fraction of sp³-hybridized carbons (Fsp3) is 0.438. The number of aromatic amines is 1. The molecule has 1 N–H and O–H groups in total. The van der Waals surface area contributed by atoms with Gasteiger partial charge in [0.25, 0.3) is 5.91 Å². The summed E-state index contributed by atoms with van der Waals surface area (Å²) in [7, 11) is 1.77. The highest BCUT2D eigenvalue weighted by Gasteiger charge is 2.24. The van der Waals surface area contributed by atoms with Crippen LogP contribution in [-0.2, 0) is 0 Å². The largest absolute Gasteiger partial charge is 0.356 e. The van der Waals surface area contributed by atoms with Crippen LogP contribution in [0, 0.1) is 18.3 Å². The number of nitriles is 1. The molecule has 2 rings (SSSR count). The van der Waals surface area contributed by atoms with Gasteiger partial charge in [-0.2, -0.15) is 5.26 Å². The van der Waals surface area contributed by atoms with Crippen molar-refractivity contribution in [3.8, 4) is 6.07 Å². The van der Waals surface area contributed by atoms with Crippen LogP contribution in [0.3, 0.4) is 0 Å². The molecule has 5 nitrogen and oxygen atoms in total.